The van der Waals surface area contributed by atoms with Gasteiger partial charge in [0.2, 0.25) is 0 Å². The van der Waals surface area contributed by atoms with Crippen molar-refractivity contribution in [3.63, 3.8) is 0 Å². The molecular weight excluding hydrogens is 341 g/mol. The molecule has 0 spiro atoms. The summed E-state index contributed by atoms with van der Waals surface area (Å²) in [6, 6.07) is 20.1. The molecule has 0 amide bonds. The third-order valence-electron chi connectivity index (χ3n) is 4.50. The van der Waals surface area contributed by atoms with Gasteiger partial charge in [-0.1, -0.05) is 12.1 Å². The lowest BCUT2D eigenvalue weighted by Crippen LogP contribution is -2.01. The van der Waals surface area contributed by atoms with Gasteiger partial charge in [-0.05, 0) is 60.2 Å². The monoisotopic (exact) mass is 355 g/mol. The molecule has 27 heavy (non-hydrogen) atoms. The van der Waals surface area contributed by atoms with Gasteiger partial charge in [-0.3, -0.25) is 4.98 Å². The van der Waals surface area contributed by atoms with Gasteiger partial charge < -0.3 is 0 Å². The van der Waals surface area contributed by atoms with Gasteiger partial charge in [0.15, 0.2) is 11.5 Å². The summed E-state index contributed by atoms with van der Waals surface area (Å²) in [6.45, 7) is 0. The van der Waals surface area contributed by atoms with E-state index in [0.717, 1.165) is 33.5 Å². The zero-order chi connectivity index (χ0) is 18.2. The highest BCUT2D eigenvalue weighted by Crippen LogP contribution is 2.19. The van der Waals surface area contributed by atoms with Gasteiger partial charge >= 0.3 is 0 Å². The van der Waals surface area contributed by atoms with Gasteiger partial charge in [0.05, 0.1) is 11.2 Å². The molecule has 0 bridgehead atoms. The van der Waals surface area contributed by atoms with Crippen molar-refractivity contribution in [3.8, 4) is 11.3 Å². The third kappa shape index (κ3) is 2.91. The van der Waals surface area contributed by atoms with Crippen molar-refractivity contribution >= 4 is 16.6 Å². The standard InChI is InChI=1S/C21H14FN5/c22-17-6-4-15(5-7-17)19-9-10-20-24-25-21(27(20)26-19)13-14-3-8-18-16(12-14)2-1-11-23-18/h1-12H,13H2. The van der Waals surface area contributed by atoms with Crippen LogP contribution in [0.15, 0.2) is 72.9 Å². The molecule has 0 aliphatic rings. The quantitative estimate of drug-likeness (QED) is 0.490. The van der Waals surface area contributed by atoms with Crippen molar-refractivity contribution in [1.82, 2.24) is 24.8 Å². The Labute approximate surface area is 154 Å². The minimum atomic E-state index is -0.268. The molecule has 5 nitrogen and oxygen atoms in total. The van der Waals surface area contributed by atoms with Gasteiger partial charge in [0.1, 0.15) is 5.82 Å². The highest BCUT2D eigenvalue weighted by molar-refractivity contribution is 5.79. The third-order valence-corrected chi connectivity index (χ3v) is 4.50. The molecule has 0 saturated heterocycles. The molecule has 5 rings (SSSR count). The number of aromatic nitrogens is 5. The number of fused-ring (bicyclic) bond motifs is 2. The van der Waals surface area contributed by atoms with Gasteiger partial charge in [0.25, 0.3) is 0 Å². The van der Waals surface area contributed by atoms with E-state index in [1.165, 1.54) is 12.1 Å². The highest BCUT2D eigenvalue weighted by atomic mass is 19.1. The molecule has 3 heterocycles. The first-order valence-electron chi connectivity index (χ1n) is 8.57. The number of halogens is 1. The lowest BCUT2D eigenvalue weighted by molar-refractivity contribution is 0.628. The number of hydrogen-bond donors (Lipinski definition) is 0. The summed E-state index contributed by atoms with van der Waals surface area (Å²) in [7, 11) is 0. The Morgan fingerprint density at radius 2 is 1.78 bits per heavy atom. The number of hydrogen-bond acceptors (Lipinski definition) is 4. The number of pyridine rings is 1. The summed E-state index contributed by atoms with van der Waals surface area (Å²) in [6.07, 6.45) is 2.39. The van der Waals surface area contributed by atoms with Crippen LogP contribution in [0.25, 0.3) is 27.8 Å². The van der Waals surface area contributed by atoms with Crippen LogP contribution in [0.1, 0.15) is 11.4 Å². The van der Waals surface area contributed by atoms with Crippen molar-refractivity contribution < 1.29 is 4.39 Å². The van der Waals surface area contributed by atoms with E-state index in [2.05, 4.69) is 26.3 Å². The van der Waals surface area contributed by atoms with E-state index in [1.54, 1.807) is 22.8 Å². The molecule has 3 aromatic heterocycles. The molecule has 0 fully saturated rings. The van der Waals surface area contributed by atoms with E-state index in [4.69, 9.17) is 0 Å². The number of benzene rings is 2. The van der Waals surface area contributed by atoms with Crippen LogP contribution in [0.2, 0.25) is 0 Å². The molecule has 5 aromatic rings. The highest BCUT2D eigenvalue weighted by Gasteiger charge is 2.10. The van der Waals surface area contributed by atoms with E-state index in [0.29, 0.717) is 12.1 Å². The molecule has 0 radical (unpaired) electrons. The topological polar surface area (TPSA) is 56.0 Å². The fourth-order valence-corrected chi connectivity index (χ4v) is 3.14. The summed E-state index contributed by atoms with van der Waals surface area (Å²) in [4.78, 5) is 4.35. The molecule has 0 aliphatic heterocycles. The van der Waals surface area contributed by atoms with Gasteiger partial charge in [-0.2, -0.15) is 9.61 Å². The SMILES string of the molecule is Fc1ccc(-c2ccc3nnc(Cc4ccc5ncccc5c4)n3n2)cc1. The van der Waals surface area contributed by atoms with Crippen LogP contribution in [0.3, 0.4) is 0 Å². The van der Waals surface area contributed by atoms with Crippen LogP contribution in [-0.2, 0) is 6.42 Å². The van der Waals surface area contributed by atoms with E-state index in [9.17, 15) is 4.39 Å². The van der Waals surface area contributed by atoms with E-state index in [1.807, 2.05) is 36.4 Å². The maximum atomic E-state index is 13.2. The first-order valence-corrected chi connectivity index (χ1v) is 8.57. The molecule has 6 heteroatoms. The lowest BCUT2D eigenvalue weighted by atomic mass is 10.1. The van der Waals surface area contributed by atoms with Gasteiger partial charge in [0, 0.05) is 23.6 Å². The minimum absolute atomic E-state index is 0.268. The Kier molecular flexibility index (Phi) is 3.60. The smallest absolute Gasteiger partial charge is 0.177 e. The normalized spacial score (nSPS) is 11.3. The lowest BCUT2D eigenvalue weighted by Gasteiger charge is -2.04. The average molecular weight is 355 g/mol. The Bertz CT molecular complexity index is 1260. The first-order chi connectivity index (χ1) is 13.3. The molecular formula is C21H14FN5. The van der Waals surface area contributed by atoms with E-state index in [-0.39, 0.29) is 5.82 Å². The van der Waals surface area contributed by atoms with Crippen molar-refractivity contribution in [3.05, 3.63) is 90.1 Å². The van der Waals surface area contributed by atoms with Crippen LogP contribution >= 0.6 is 0 Å². The zero-order valence-corrected chi connectivity index (χ0v) is 14.2. The molecule has 2 aromatic carbocycles. The fourth-order valence-electron chi connectivity index (χ4n) is 3.14. The summed E-state index contributed by atoms with van der Waals surface area (Å²) in [5.41, 5.74) is 4.34. The van der Waals surface area contributed by atoms with Crippen molar-refractivity contribution in [2.75, 3.05) is 0 Å². The molecule has 0 aliphatic carbocycles. The van der Waals surface area contributed by atoms with Gasteiger partial charge in [-0.15, -0.1) is 10.2 Å². The summed E-state index contributed by atoms with van der Waals surface area (Å²) in [5.74, 6) is 0.479. The molecule has 0 saturated carbocycles. The summed E-state index contributed by atoms with van der Waals surface area (Å²) < 4.78 is 14.9. The van der Waals surface area contributed by atoms with E-state index >= 15 is 0 Å². The average Bonchev–Trinajstić information content (AvgIpc) is 3.10. The summed E-state index contributed by atoms with van der Waals surface area (Å²) in [5, 5.41) is 14.2. The van der Waals surface area contributed by atoms with Gasteiger partial charge in [-0.25, -0.2) is 4.39 Å². The summed E-state index contributed by atoms with van der Waals surface area (Å²) >= 11 is 0. The Morgan fingerprint density at radius 3 is 2.67 bits per heavy atom. The van der Waals surface area contributed by atoms with Crippen LogP contribution in [-0.4, -0.2) is 24.8 Å². The molecule has 0 atom stereocenters. The first kappa shape index (κ1) is 15.6. The van der Waals surface area contributed by atoms with Crippen LogP contribution in [0.4, 0.5) is 4.39 Å². The largest absolute Gasteiger partial charge is 0.256 e. The number of nitrogens with zero attached hydrogens (tertiary/aromatic N) is 5. The van der Waals surface area contributed by atoms with Crippen LogP contribution in [0, 0.1) is 5.82 Å². The Hall–Kier alpha value is -3.67. The fraction of sp³-hybridized carbons (Fsp3) is 0.0476. The Balaban J connectivity index is 1.54. The zero-order valence-electron chi connectivity index (χ0n) is 14.2. The van der Waals surface area contributed by atoms with Crippen molar-refractivity contribution in [1.29, 1.82) is 0 Å². The molecule has 0 N–H and O–H groups in total. The predicted molar refractivity (Wildman–Crippen MR) is 101 cm³/mol. The van der Waals surface area contributed by atoms with E-state index < -0.39 is 0 Å². The number of rotatable bonds is 3. The second kappa shape index (κ2) is 6.25. The molecule has 0 unspecified atom stereocenters. The Morgan fingerprint density at radius 1 is 0.889 bits per heavy atom. The minimum Gasteiger partial charge on any atom is -0.256 e. The van der Waals surface area contributed by atoms with Crippen molar-refractivity contribution in [2.45, 2.75) is 6.42 Å². The molecule has 130 valence electrons. The van der Waals surface area contributed by atoms with Crippen molar-refractivity contribution in [2.24, 2.45) is 0 Å². The van der Waals surface area contributed by atoms with Crippen LogP contribution in [0.5, 0.6) is 0 Å². The maximum absolute atomic E-state index is 13.2. The second-order valence-corrected chi connectivity index (χ2v) is 6.32. The second-order valence-electron chi connectivity index (χ2n) is 6.32. The van der Waals surface area contributed by atoms with Crippen LogP contribution < -0.4 is 0 Å². The maximum Gasteiger partial charge on any atom is 0.177 e. The predicted octanol–water partition coefficient (Wildman–Crippen LogP) is 4.07.